The van der Waals surface area contributed by atoms with E-state index in [0.717, 1.165) is 17.6 Å². The van der Waals surface area contributed by atoms with Crippen LogP contribution in [0.5, 0.6) is 0 Å². The van der Waals surface area contributed by atoms with Crippen LogP contribution in [0.3, 0.4) is 0 Å². The van der Waals surface area contributed by atoms with Gasteiger partial charge >= 0.3 is 5.97 Å². The van der Waals surface area contributed by atoms with Crippen molar-refractivity contribution in [1.82, 2.24) is 0 Å². The molecule has 6 nitrogen and oxygen atoms in total. The summed E-state index contributed by atoms with van der Waals surface area (Å²) >= 11 is 0. The molecule has 8 atom stereocenters. The van der Waals surface area contributed by atoms with Gasteiger partial charge in [0.1, 0.15) is 6.10 Å². The topological polar surface area (TPSA) is 82.1 Å². The molecular weight excluding hydrogens is 420 g/mol. The van der Waals surface area contributed by atoms with Gasteiger partial charge in [0, 0.05) is 5.92 Å². The lowest BCUT2D eigenvalue weighted by atomic mass is 9.59. The Morgan fingerprint density at radius 3 is 2.55 bits per heavy atom. The standard InChI is InChI=1S/C27H38O6/c1-13(2)23(29)32-21-14(3)11-26-15(4)9-18-19(24(18,5)6)17(20(26)28)10-16-12-31-25(7,8)33-22(16)27(21,26)30/h10-11,13,15,17-19,21-22,30H,9,12H2,1-8H3/t15-,17+,18-,19+,21+,22-,26+,27-/m1/s1. The van der Waals surface area contributed by atoms with Crippen molar-refractivity contribution in [3.63, 3.8) is 0 Å². The van der Waals surface area contributed by atoms with Gasteiger partial charge in [0.15, 0.2) is 23.3 Å². The van der Waals surface area contributed by atoms with E-state index in [1.165, 1.54) is 0 Å². The molecule has 182 valence electrons. The molecule has 1 heterocycles. The summed E-state index contributed by atoms with van der Waals surface area (Å²) in [7, 11) is 0. The molecule has 0 radical (unpaired) electrons. The summed E-state index contributed by atoms with van der Waals surface area (Å²) in [5.74, 6) is -1.48. The second-order valence-corrected chi connectivity index (χ2v) is 12.5. The van der Waals surface area contributed by atoms with E-state index in [-0.39, 0.29) is 41.5 Å². The first-order valence-electron chi connectivity index (χ1n) is 12.4. The summed E-state index contributed by atoms with van der Waals surface area (Å²) in [6, 6.07) is 0. The molecule has 1 saturated heterocycles. The average molecular weight is 459 g/mol. The lowest BCUT2D eigenvalue weighted by Crippen LogP contribution is -2.68. The summed E-state index contributed by atoms with van der Waals surface area (Å²) < 4.78 is 18.4. The zero-order valence-electron chi connectivity index (χ0n) is 21.1. The number of ketones is 1. The van der Waals surface area contributed by atoms with Crippen LogP contribution in [0.2, 0.25) is 0 Å². The molecular formula is C27H38O6. The Morgan fingerprint density at radius 1 is 1.24 bits per heavy atom. The summed E-state index contributed by atoms with van der Waals surface area (Å²) in [6.45, 7) is 15.9. The second kappa shape index (κ2) is 6.79. The van der Waals surface area contributed by atoms with E-state index in [4.69, 9.17) is 14.2 Å². The minimum Gasteiger partial charge on any atom is -0.454 e. The van der Waals surface area contributed by atoms with Crippen LogP contribution in [0.25, 0.3) is 0 Å². The Labute approximate surface area is 196 Å². The van der Waals surface area contributed by atoms with Crippen LogP contribution in [-0.2, 0) is 23.8 Å². The van der Waals surface area contributed by atoms with Gasteiger partial charge in [0.05, 0.1) is 17.9 Å². The Kier molecular flexibility index (Phi) is 4.79. The van der Waals surface area contributed by atoms with Crippen molar-refractivity contribution in [2.45, 2.75) is 85.4 Å². The lowest BCUT2D eigenvalue weighted by molar-refractivity contribution is -0.304. The van der Waals surface area contributed by atoms with Gasteiger partial charge < -0.3 is 19.3 Å². The number of hydrogen-bond acceptors (Lipinski definition) is 6. The number of rotatable bonds is 2. The first-order chi connectivity index (χ1) is 15.2. The molecule has 2 bridgehead atoms. The van der Waals surface area contributed by atoms with Gasteiger partial charge in [-0.25, -0.2) is 0 Å². The monoisotopic (exact) mass is 458 g/mol. The van der Waals surface area contributed by atoms with E-state index < -0.39 is 35.0 Å². The molecule has 2 saturated carbocycles. The zero-order chi connectivity index (χ0) is 24.3. The van der Waals surface area contributed by atoms with Crippen molar-refractivity contribution in [2.24, 2.45) is 40.4 Å². The Balaban J connectivity index is 1.73. The van der Waals surface area contributed by atoms with Gasteiger partial charge in [0.25, 0.3) is 0 Å². The molecule has 6 heteroatoms. The number of allylic oxidation sites excluding steroid dienone is 1. The van der Waals surface area contributed by atoms with Gasteiger partial charge in [-0.3, -0.25) is 9.59 Å². The minimum absolute atomic E-state index is 0.0290. The van der Waals surface area contributed by atoms with E-state index in [9.17, 15) is 14.7 Å². The lowest BCUT2D eigenvalue weighted by Gasteiger charge is -2.52. The van der Waals surface area contributed by atoms with Crippen molar-refractivity contribution in [2.75, 3.05) is 6.61 Å². The number of esters is 1. The molecule has 0 amide bonds. The average Bonchev–Trinajstić information content (AvgIpc) is 3.20. The van der Waals surface area contributed by atoms with Crippen LogP contribution in [0, 0.1) is 40.4 Å². The van der Waals surface area contributed by atoms with Gasteiger partial charge in [-0.1, -0.05) is 46.8 Å². The number of ether oxygens (including phenoxy) is 3. The van der Waals surface area contributed by atoms with E-state index >= 15 is 0 Å². The van der Waals surface area contributed by atoms with Crippen LogP contribution in [-0.4, -0.2) is 47.1 Å². The molecule has 0 aromatic heterocycles. The summed E-state index contributed by atoms with van der Waals surface area (Å²) in [4.78, 5) is 27.3. The van der Waals surface area contributed by atoms with Gasteiger partial charge in [0.2, 0.25) is 0 Å². The Bertz CT molecular complexity index is 973. The third kappa shape index (κ3) is 2.83. The highest BCUT2D eigenvalue weighted by Crippen LogP contribution is 2.72. The number of hydrogen-bond donors (Lipinski definition) is 1. The van der Waals surface area contributed by atoms with Crippen LogP contribution in [0.1, 0.15) is 61.8 Å². The van der Waals surface area contributed by atoms with Crippen LogP contribution >= 0.6 is 0 Å². The summed E-state index contributed by atoms with van der Waals surface area (Å²) in [5.41, 5.74) is -1.36. The maximum absolute atomic E-state index is 14.5. The fraction of sp³-hybridized carbons (Fsp3) is 0.778. The molecule has 1 spiro atoms. The Morgan fingerprint density at radius 2 is 1.91 bits per heavy atom. The van der Waals surface area contributed by atoms with Crippen molar-refractivity contribution in [3.05, 3.63) is 23.3 Å². The first kappa shape index (κ1) is 23.3. The van der Waals surface area contributed by atoms with Crippen molar-refractivity contribution in [1.29, 1.82) is 0 Å². The van der Waals surface area contributed by atoms with Crippen molar-refractivity contribution >= 4 is 11.8 Å². The van der Waals surface area contributed by atoms with Crippen molar-refractivity contribution < 1.29 is 28.9 Å². The number of carbonyl (C=O) groups is 2. The van der Waals surface area contributed by atoms with Gasteiger partial charge in [-0.15, -0.1) is 0 Å². The molecule has 0 unspecified atom stereocenters. The van der Waals surface area contributed by atoms with Crippen LogP contribution in [0.15, 0.2) is 23.3 Å². The zero-order valence-corrected chi connectivity index (χ0v) is 21.1. The molecule has 5 rings (SSSR count). The summed E-state index contributed by atoms with van der Waals surface area (Å²) in [5, 5.41) is 12.8. The number of Topliss-reactive ketones (excluding diaryl/α,β-unsaturated/α-hetero) is 1. The third-order valence-electron chi connectivity index (χ3n) is 9.38. The molecule has 1 N–H and O–H groups in total. The molecule has 0 aromatic rings. The SMILES string of the molecule is CC1=C[C@]23C(=O)[C@@H](C=C4COC(C)(C)O[C@H]4[C@]2(O)[C@H]1OC(=O)C(C)C)[C@H]1[C@@H](C[C@H]3C)C1(C)C. The molecule has 4 aliphatic carbocycles. The molecule has 0 aromatic carbocycles. The second-order valence-electron chi connectivity index (χ2n) is 12.5. The van der Waals surface area contributed by atoms with E-state index in [2.05, 4.69) is 20.8 Å². The largest absolute Gasteiger partial charge is 0.454 e. The smallest absolute Gasteiger partial charge is 0.309 e. The number of carbonyl (C=O) groups excluding carboxylic acids is 2. The normalized spacial score (nSPS) is 46.8. The summed E-state index contributed by atoms with van der Waals surface area (Å²) in [6.07, 6.45) is 3.02. The highest BCUT2D eigenvalue weighted by molar-refractivity contribution is 5.95. The molecule has 33 heavy (non-hydrogen) atoms. The highest BCUT2D eigenvalue weighted by atomic mass is 16.7. The maximum Gasteiger partial charge on any atom is 0.309 e. The van der Waals surface area contributed by atoms with Crippen LogP contribution < -0.4 is 0 Å². The molecule has 3 fully saturated rings. The molecule has 1 aliphatic heterocycles. The number of fused-ring (bicyclic) bond motifs is 5. The van der Waals surface area contributed by atoms with E-state index in [1.54, 1.807) is 13.8 Å². The predicted molar refractivity (Wildman–Crippen MR) is 122 cm³/mol. The van der Waals surface area contributed by atoms with Gasteiger partial charge in [-0.2, -0.15) is 0 Å². The van der Waals surface area contributed by atoms with E-state index in [1.807, 2.05) is 32.9 Å². The van der Waals surface area contributed by atoms with Crippen molar-refractivity contribution in [3.8, 4) is 0 Å². The van der Waals surface area contributed by atoms with E-state index in [0.29, 0.717) is 5.92 Å². The highest BCUT2D eigenvalue weighted by Gasteiger charge is 2.77. The fourth-order valence-electron chi connectivity index (χ4n) is 7.55. The first-order valence-corrected chi connectivity index (χ1v) is 12.4. The van der Waals surface area contributed by atoms with Gasteiger partial charge in [-0.05, 0) is 61.5 Å². The third-order valence-corrected chi connectivity index (χ3v) is 9.38. The number of aliphatic hydroxyl groups is 1. The quantitative estimate of drug-likeness (QED) is 0.500. The van der Waals surface area contributed by atoms with Crippen LogP contribution in [0.4, 0.5) is 0 Å². The maximum atomic E-state index is 14.5. The minimum atomic E-state index is -1.74. The molecule has 5 aliphatic rings. The Hall–Kier alpha value is -1.50. The fourth-order valence-corrected chi connectivity index (χ4v) is 7.55. The predicted octanol–water partition coefficient (Wildman–Crippen LogP) is 3.82.